The van der Waals surface area contributed by atoms with Gasteiger partial charge in [-0.3, -0.25) is 9.36 Å². The van der Waals surface area contributed by atoms with Crippen molar-refractivity contribution >= 4 is 17.7 Å². The number of carboxylic acid groups (broad SMARTS) is 1. The molecule has 3 aromatic rings. The fourth-order valence-corrected chi connectivity index (χ4v) is 3.09. The number of thioether (sulfide) groups is 1. The van der Waals surface area contributed by atoms with Crippen LogP contribution in [-0.2, 0) is 11.2 Å². The van der Waals surface area contributed by atoms with Crippen LogP contribution in [0.5, 0.6) is 5.75 Å². The largest absolute Gasteiger partial charge is 0.497 e. The molecule has 2 aromatic carbocycles. The van der Waals surface area contributed by atoms with Crippen molar-refractivity contribution in [2.75, 3.05) is 12.9 Å². The first-order chi connectivity index (χ1) is 12.2. The number of nitrogens with zero attached hydrogens (tertiary/aromatic N) is 3. The zero-order chi connectivity index (χ0) is 17.6. The lowest BCUT2D eigenvalue weighted by atomic mass is 10.1. The third-order valence-corrected chi connectivity index (χ3v) is 4.47. The molecule has 0 aliphatic heterocycles. The van der Waals surface area contributed by atoms with Crippen LogP contribution >= 0.6 is 11.8 Å². The summed E-state index contributed by atoms with van der Waals surface area (Å²) < 4.78 is 7.09. The molecule has 0 atom stereocenters. The summed E-state index contributed by atoms with van der Waals surface area (Å²) in [7, 11) is 1.61. The molecule has 25 heavy (non-hydrogen) atoms. The highest BCUT2D eigenvalue weighted by atomic mass is 32.2. The first-order valence-electron chi connectivity index (χ1n) is 7.64. The van der Waals surface area contributed by atoms with Gasteiger partial charge in [-0.2, -0.15) is 0 Å². The monoisotopic (exact) mass is 355 g/mol. The van der Waals surface area contributed by atoms with Crippen LogP contribution in [0.15, 0.2) is 59.8 Å². The van der Waals surface area contributed by atoms with Gasteiger partial charge < -0.3 is 9.84 Å². The number of carbonyl (C=O) groups is 1. The second-order valence-corrected chi connectivity index (χ2v) is 6.22. The average molecular weight is 355 g/mol. The van der Waals surface area contributed by atoms with Gasteiger partial charge >= 0.3 is 5.97 Å². The minimum absolute atomic E-state index is 0.0698. The van der Waals surface area contributed by atoms with E-state index in [2.05, 4.69) is 10.2 Å². The molecule has 0 spiro atoms. The standard InChI is InChI=1S/C18H17N3O3S/c1-24-15-9-7-14(8-10-15)21-16(11-13-5-3-2-4-6-13)19-20-18(21)25-12-17(22)23/h2-10H,11-12H2,1H3,(H,22,23). The van der Waals surface area contributed by atoms with E-state index in [9.17, 15) is 4.79 Å². The Labute approximate surface area is 149 Å². The van der Waals surface area contributed by atoms with E-state index in [1.54, 1.807) is 7.11 Å². The summed E-state index contributed by atoms with van der Waals surface area (Å²) in [6, 6.07) is 17.5. The van der Waals surface area contributed by atoms with Gasteiger partial charge in [0, 0.05) is 12.1 Å². The van der Waals surface area contributed by atoms with Crippen molar-refractivity contribution in [2.24, 2.45) is 0 Å². The maximum absolute atomic E-state index is 10.9. The Hall–Kier alpha value is -2.80. The zero-order valence-corrected chi connectivity index (χ0v) is 14.4. The topological polar surface area (TPSA) is 77.2 Å². The van der Waals surface area contributed by atoms with E-state index in [1.165, 1.54) is 0 Å². The van der Waals surface area contributed by atoms with E-state index in [-0.39, 0.29) is 5.75 Å². The highest BCUT2D eigenvalue weighted by molar-refractivity contribution is 7.99. The molecule has 0 fully saturated rings. The van der Waals surface area contributed by atoms with Crippen molar-refractivity contribution < 1.29 is 14.6 Å². The van der Waals surface area contributed by atoms with Gasteiger partial charge in [-0.05, 0) is 29.8 Å². The number of methoxy groups -OCH3 is 1. The van der Waals surface area contributed by atoms with Crippen molar-refractivity contribution in [3.63, 3.8) is 0 Å². The van der Waals surface area contributed by atoms with Crippen LogP contribution in [-0.4, -0.2) is 38.7 Å². The second-order valence-electron chi connectivity index (χ2n) is 5.28. The van der Waals surface area contributed by atoms with Gasteiger partial charge in [-0.15, -0.1) is 10.2 Å². The minimum Gasteiger partial charge on any atom is -0.497 e. The number of carboxylic acids is 1. The number of rotatable bonds is 7. The van der Waals surface area contributed by atoms with Crippen LogP contribution in [0.4, 0.5) is 0 Å². The Morgan fingerprint density at radius 1 is 1.12 bits per heavy atom. The van der Waals surface area contributed by atoms with Gasteiger partial charge in [0.05, 0.1) is 12.9 Å². The summed E-state index contributed by atoms with van der Waals surface area (Å²) in [5, 5.41) is 18.0. The van der Waals surface area contributed by atoms with Crippen LogP contribution < -0.4 is 4.74 Å². The maximum Gasteiger partial charge on any atom is 0.313 e. The minimum atomic E-state index is -0.890. The fraction of sp³-hybridized carbons (Fsp3) is 0.167. The molecular weight excluding hydrogens is 338 g/mol. The molecule has 1 aromatic heterocycles. The lowest BCUT2D eigenvalue weighted by Crippen LogP contribution is -2.05. The number of aliphatic carboxylic acids is 1. The normalized spacial score (nSPS) is 10.6. The van der Waals surface area contributed by atoms with Crippen molar-refractivity contribution in [3.8, 4) is 11.4 Å². The molecule has 0 unspecified atom stereocenters. The van der Waals surface area contributed by atoms with Crippen molar-refractivity contribution in [2.45, 2.75) is 11.6 Å². The Bertz CT molecular complexity index is 848. The Kier molecular flexibility index (Phi) is 5.35. The van der Waals surface area contributed by atoms with E-state index in [0.29, 0.717) is 11.6 Å². The SMILES string of the molecule is COc1ccc(-n2c(Cc3ccccc3)nnc2SCC(=O)O)cc1. The second kappa shape index (κ2) is 7.85. The number of aromatic nitrogens is 3. The smallest absolute Gasteiger partial charge is 0.313 e. The molecule has 0 aliphatic carbocycles. The fourth-order valence-electron chi connectivity index (χ4n) is 2.40. The summed E-state index contributed by atoms with van der Waals surface area (Å²) in [6.45, 7) is 0. The molecule has 1 N–H and O–H groups in total. The summed E-state index contributed by atoms with van der Waals surface area (Å²) in [4.78, 5) is 10.9. The summed E-state index contributed by atoms with van der Waals surface area (Å²) in [6.07, 6.45) is 0.605. The number of ether oxygens (including phenoxy) is 1. The molecule has 0 bridgehead atoms. The van der Waals surface area contributed by atoms with Crippen molar-refractivity contribution in [1.29, 1.82) is 0 Å². The Morgan fingerprint density at radius 3 is 2.48 bits per heavy atom. The van der Waals surface area contributed by atoms with Gasteiger partial charge in [0.2, 0.25) is 0 Å². The zero-order valence-electron chi connectivity index (χ0n) is 13.6. The molecule has 0 saturated heterocycles. The van der Waals surface area contributed by atoms with Gasteiger partial charge in [0.25, 0.3) is 0 Å². The van der Waals surface area contributed by atoms with Gasteiger partial charge in [0.1, 0.15) is 11.6 Å². The first-order valence-corrected chi connectivity index (χ1v) is 8.63. The van der Waals surface area contributed by atoms with Crippen molar-refractivity contribution in [1.82, 2.24) is 14.8 Å². The van der Waals surface area contributed by atoms with E-state index in [4.69, 9.17) is 9.84 Å². The summed E-state index contributed by atoms with van der Waals surface area (Å²) >= 11 is 1.15. The highest BCUT2D eigenvalue weighted by Gasteiger charge is 2.16. The first kappa shape index (κ1) is 17.0. The lowest BCUT2D eigenvalue weighted by Gasteiger charge is -2.10. The van der Waals surface area contributed by atoms with Crippen LogP contribution in [0.2, 0.25) is 0 Å². The molecule has 0 aliphatic rings. The van der Waals surface area contributed by atoms with E-state index in [1.807, 2.05) is 59.2 Å². The van der Waals surface area contributed by atoms with Crippen LogP contribution in [0.25, 0.3) is 5.69 Å². The van der Waals surface area contributed by atoms with Crippen LogP contribution in [0.3, 0.4) is 0 Å². The van der Waals surface area contributed by atoms with E-state index in [0.717, 1.165) is 34.6 Å². The third kappa shape index (κ3) is 4.19. The summed E-state index contributed by atoms with van der Waals surface area (Å²) in [5.74, 6) is 0.545. The number of benzene rings is 2. The van der Waals surface area contributed by atoms with Gasteiger partial charge in [-0.25, -0.2) is 0 Å². The lowest BCUT2D eigenvalue weighted by molar-refractivity contribution is -0.133. The van der Waals surface area contributed by atoms with Gasteiger partial charge in [0.15, 0.2) is 5.16 Å². The number of hydrogen-bond donors (Lipinski definition) is 1. The van der Waals surface area contributed by atoms with Crippen molar-refractivity contribution in [3.05, 3.63) is 66.0 Å². The van der Waals surface area contributed by atoms with Crippen LogP contribution in [0.1, 0.15) is 11.4 Å². The van der Waals surface area contributed by atoms with E-state index < -0.39 is 5.97 Å². The molecular formula is C18H17N3O3S. The molecule has 0 saturated carbocycles. The quantitative estimate of drug-likeness (QED) is 0.657. The molecule has 0 amide bonds. The Balaban J connectivity index is 1.97. The molecule has 128 valence electrons. The highest BCUT2D eigenvalue weighted by Crippen LogP contribution is 2.25. The molecule has 1 heterocycles. The Morgan fingerprint density at radius 2 is 1.84 bits per heavy atom. The number of hydrogen-bond acceptors (Lipinski definition) is 5. The maximum atomic E-state index is 10.9. The molecule has 0 radical (unpaired) electrons. The molecule has 3 rings (SSSR count). The third-order valence-electron chi connectivity index (χ3n) is 3.56. The van der Waals surface area contributed by atoms with Crippen LogP contribution in [0, 0.1) is 0 Å². The summed E-state index contributed by atoms with van der Waals surface area (Å²) in [5.41, 5.74) is 1.98. The predicted molar refractivity (Wildman–Crippen MR) is 95.5 cm³/mol. The molecule has 7 heteroatoms. The molecule has 6 nitrogen and oxygen atoms in total. The van der Waals surface area contributed by atoms with Gasteiger partial charge in [-0.1, -0.05) is 42.1 Å². The average Bonchev–Trinajstić information content (AvgIpc) is 3.03. The predicted octanol–water partition coefficient (Wildman–Crippen LogP) is 3.04. The van der Waals surface area contributed by atoms with E-state index >= 15 is 0 Å².